The molecular formula is C15H22ClNO. The van der Waals surface area contributed by atoms with Gasteiger partial charge in [0, 0.05) is 12.0 Å². The van der Waals surface area contributed by atoms with Crippen LogP contribution in [-0.2, 0) is 0 Å². The Morgan fingerprint density at radius 2 is 1.89 bits per heavy atom. The van der Waals surface area contributed by atoms with Gasteiger partial charge in [0.2, 0.25) is 0 Å². The van der Waals surface area contributed by atoms with Crippen molar-refractivity contribution in [1.82, 2.24) is 5.32 Å². The molecule has 1 saturated carbocycles. The molecule has 1 saturated heterocycles. The Morgan fingerprint density at radius 3 is 2.67 bits per heavy atom. The minimum Gasteiger partial charge on any atom is -0.389 e. The zero-order chi connectivity index (χ0) is 11.7. The molecule has 2 N–H and O–H groups in total. The second-order valence-corrected chi connectivity index (χ2v) is 5.55. The Labute approximate surface area is 115 Å². The van der Waals surface area contributed by atoms with Gasteiger partial charge in [-0.1, -0.05) is 43.2 Å². The normalized spacial score (nSPS) is 35.4. The minimum atomic E-state index is -0.413. The summed E-state index contributed by atoms with van der Waals surface area (Å²) in [6, 6.07) is 10.9. The van der Waals surface area contributed by atoms with Gasteiger partial charge in [0.1, 0.15) is 0 Å². The van der Waals surface area contributed by atoms with E-state index in [9.17, 15) is 5.11 Å². The molecule has 3 atom stereocenters. The highest BCUT2D eigenvalue weighted by Crippen LogP contribution is 2.45. The summed E-state index contributed by atoms with van der Waals surface area (Å²) in [7, 11) is 0. The van der Waals surface area contributed by atoms with Crippen LogP contribution >= 0.6 is 12.4 Å². The lowest BCUT2D eigenvalue weighted by atomic mass is 9.67. The van der Waals surface area contributed by atoms with Gasteiger partial charge in [-0.25, -0.2) is 0 Å². The summed E-state index contributed by atoms with van der Waals surface area (Å²) in [5, 5.41) is 14.4. The maximum absolute atomic E-state index is 10.8. The summed E-state index contributed by atoms with van der Waals surface area (Å²) in [4.78, 5) is 0. The summed E-state index contributed by atoms with van der Waals surface area (Å²) in [5.41, 5.74) is 0.918. The molecule has 1 aromatic rings. The summed E-state index contributed by atoms with van der Waals surface area (Å²) in [6.07, 6.45) is 5.51. The molecule has 1 aromatic carbocycles. The standard InChI is InChI=1S/C15H21NO.ClH/c17-15-9-5-4-8-13(15)14(16-11-10-15)12-6-2-1-3-7-12;/h1-3,6-7,13-14,16-17H,4-5,8-11H2;1H/t13-,14-,15-;/m0./s1. The third-order valence-corrected chi connectivity index (χ3v) is 4.55. The van der Waals surface area contributed by atoms with E-state index in [0.29, 0.717) is 12.0 Å². The number of fused-ring (bicyclic) bond motifs is 1. The van der Waals surface area contributed by atoms with Gasteiger partial charge in [-0.05, 0) is 31.4 Å². The molecule has 1 heterocycles. The van der Waals surface area contributed by atoms with Crippen LogP contribution in [0.5, 0.6) is 0 Å². The van der Waals surface area contributed by atoms with Crippen LogP contribution in [0.15, 0.2) is 30.3 Å². The van der Waals surface area contributed by atoms with E-state index in [2.05, 4.69) is 35.6 Å². The molecule has 2 aliphatic rings. The molecule has 18 heavy (non-hydrogen) atoms. The van der Waals surface area contributed by atoms with Gasteiger partial charge < -0.3 is 10.4 Å². The minimum absolute atomic E-state index is 0. The van der Waals surface area contributed by atoms with Crippen LogP contribution < -0.4 is 5.32 Å². The van der Waals surface area contributed by atoms with E-state index in [4.69, 9.17) is 0 Å². The fourth-order valence-corrected chi connectivity index (χ4v) is 3.63. The molecule has 100 valence electrons. The van der Waals surface area contributed by atoms with Crippen LogP contribution in [-0.4, -0.2) is 17.3 Å². The second kappa shape index (κ2) is 5.60. The van der Waals surface area contributed by atoms with E-state index < -0.39 is 5.60 Å². The SMILES string of the molecule is Cl.O[C@]12CCCC[C@H]1[C@H](c1ccccc1)NCC2. The number of aliphatic hydroxyl groups is 1. The highest BCUT2D eigenvalue weighted by atomic mass is 35.5. The quantitative estimate of drug-likeness (QED) is 0.820. The average Bonchev–Trinajstić information content (AvgIpc) is 2.38. The molecular weight excluding hydrogens is 246 g/mol. The van der Waals surface area contributed by atoms with Crippen LogP contribution in [0, 0.1) is 5.92 Å². The number of halogens is 1. The molecule has 0 bridgehead atoms. The van der Waals surface area contributed by atoms with Gasteiger partial charge >= 0.3 is 0 Å². The van der Waals surface area contributed by atoms with Crippen LogP contribution in [0.2, 0.25) is 0 Å². The molecule has 0 aromatic heterocycles. The lowest BCUT2D eigenvalue weighted by Crippen LogP contribution is -2.53. The molecule has 2 nitrogen and oxygen atoms in total. The van der Waals surface area contributed by atoms with Crippen molar-refractivity contribution in [2.24, 2.45) is 5.92 Å². The number of nitrogens with one attached hydrogen (secondary N) is 1. The topological polar surface area (TPSA) is 32.3 Å². The maximum atomic E-state index is 10.8. The smallest absolute Gasteiger partial charge is 0.0706 e. The molecule has 2 fully saturated rings. The monoisotopic (exact) mass is 267 g/mol. The fourth-order valence-electron chi connectivity index (χ4n) is 3.63. The molecule has 1 aliphatic heterocycles. The van der Waals surface area contributed by atoms with Crippen molar-refractivity contribution in [2.75, 3.05) is 6.54 Å². The molecule has 0 amide bonds. The van der Waals surface area contributed by atoms with Crippen molar-refractivity contribution in [3.63, 3.8) is 0 Å². The van der Waals surface area contributed by atoms with Crippen molar-refractivity contribution in [3.8, 4) is 0 Å². The predicted molar refractivity (Wildman–Crippen MR) is 76.0 cm³/mol. The Balaban J connectivity index is 0.00000120. The van der Waals surface area contributed by atoms with E-state index in [0.717, 1.165) is 25.8 Å². The first kappa shape index (κ1) is 13.9. The van der Waals surface area contributed by atoms with Crippen molar-refractivity contribution < 1.29 is 5.11 Å². The first-order valence-electron chi connectivity index (χ1n) is 6.80. The second-order valence-electron chi connectivity index (χ2n) is 5.55. The van der Waals surface area contributed by atoms with Gasteiger partial charge in [0.25, 0.3) is 0 Å². The van der Waals surface area contributed by atoms with Crippen molar-refractivity contribution in [1.29, 1.82) is 0 Å². The van der Waals surface area contributed by atoms with E-state index in [1.54, 1.807) is 0 Å². The van der Waals surface area contributed by atoms with Crippen LogP contribution in [0.25, 0.3) is 0 Å². The van der Waals surface area contributed by atoms with Crippen LogP contribution in [0.1, 0.15) is 43.7 Å². The van der Waals surface area contributed by atoms with Crippen LogP contribution in [0.4, 0.5) is 0 Å². The van der Waals surface area contributed by atoms with E-state index in [-0.39, 0.29) is 12.4 Å². The Kier molecular flexibility index (Phi) is 4.31. The predicted octanol–water partition coefficient (Wildman–Crippen LogP) is 3.06. The molecule has 0 unspecified atom stereocenters. The van der Waals surface area contributed by atoms with E-state index >= 15 is 0 Å². The lowest BCUT2D eigenvalue weighted by molar-refractivity contribution is -0.0861. The molecule has 0 radical (unpaired) electrons. The molecule has 3 rings (SSSR count). The summed E-state index contributed by atoms with van der Waals surface area (Å²) < 4.78 is 0. The van der Waals surface area contributed by atoms with Gasteiger partial charge in [0.15, 0.2) is 0 Å². The van der Waals surface area contributed by atoms with Crippen molar-refractivity contribution in [2.45, 2.75) is 43.7 Å². The molecule has 0 spiro atoms. The number of rotatable bonds is 1. The van der Waals surface area contributed by atoms with Gasteiger partial charge in [-0.3, -0.25) is 0 Å². The van der Waals surface area contributed by atoms with Crippen molar-refractivity contribution in [3.05, 3.63) is 35.9 Å². The Hall–Kier alpha value is -0.570. The largest absolute Gasteiger partial charge is 0.389 e. The fraction of sp³-hybridized carbons (Fsp3) is 0.600. The van der Waals surface area contributed by atoms with Gasteiger partial charge in [-0.2, -0.15) is 0 Å². The summed E-state index contributed by atoms with van der Waals surface area (Å²) in [5.74, 6) is 0.396. The zero-order valence-electron chi connectivity index (χ0n) is 10.6. The first-order chi connectivity index (χ1) is 8.30. The number of piperidine rings is 1. The Bertz CT molecular complexity index is 379. The number of hydrogen-bond acceptors (Lipinski definition) is 2. The Morgan fingerprint density at radius 1 is 1.11 bits per heavy atom. The highest BCUT2D eigenvalue weighted by Gasteiger charge is 2.45. The third-order valence-electron chi connectivity index (χ3n) is 4.55. The number of benzene rings is 1. The van der Waals surface area contributed by atoms with E-state index in [1.165, 1.54) is 18.4 Å². The average molecular weight is 268 g/mol. The molecule has 3 heteroatoms. The van der Waals surface area contributed by atoms with Gasteiger partial charge in [-0.15, -0.1) is 12.4 Å². The molecule has 1 aliphatic carbocycles. The first-order valence-corrected chi connectivity index (χ1v) is 6.80. The van der Waals surface area contributed by atoms with Gasteiger partial charge in [0.05, 0.1) is 5.60 Å². The third kappa shape index (κ3) is 2.42. The van der Waals surface area contributed by atoms with Crippen LogP contribution in [0.3, 0.4) is 0 Å². The lowest BCUT2D eigenvalue weighted by Gasteiger charge is -2.48. The van der Waals surface area contributed by atoms with E-state index in [1.807, 2.05) is 0 Å². The highest BCUT2D eigenvalue weighted by molar-refractivity contribution is 5.85. The summed E-state index contributed by atoms with van der Waals surface area (Å²) >= 11 is 0. The maximum Gasteiger partial charge on any atom is 0.0706 e. The summed E-state index contributed by atoms with van der Waals surface area (Å²) in [6.45, 7) is 0.937. The number of hydrogen-bond donors (Lipinski definition) is 2. The van der Waals surface area contributed by atoms with Crippen molar-refractivity contribution >= 4 is 12.4 Å². The zero-order valence-corrected chi connectivity index (χ0v) is 11.5.